The summed E-state index contributed by atoms with van der Waals surface area (Å²) in [5.41, 5.74) is 6.77. The number of fused-ring (bicyclic) bond motifs is 1. The van der Waals surface area contributed by atoms with Crippen molar-refractivity contribution in [1.82, 2.24) is 5.01 Å². The maximum absolute atomic E-state index is 13.5. The second-order valence-electron chi connectivity index (χ2n) is 9.70. The van der Waals surface area contributed by atoms with Gasteiger partial charge >= 0.3 is 5.91 Å². The molecule has 180 valence electrons. The fourth-order valence-corrected chi connectivity index (χ4v) is 5.05. The lowest BCUT2D eigenvalue weighted by atomic mass is 9.77. The van der Waals surface area contributed by atoms with Crippen LogP contribution in [0.1, 0.15) is 47.0 Å². The molecule has 35 heavy (non-hydrogen) atoms. The molecule has 0 bridgehead atoms. The van der Waals surface area contributed by atoms with Crippen molar-refractivity contribution in [3.8, 4) is 0 Å². The minimum absolute atomic E-state index is 0.153. The van der Waals surface area contributed by atoms with Crippen LogP contribution in [-0.2, 0) is 0 Å². The Morgan fingerprint density at radius 2 is 1.63 bits per heavy atom. The molecule has 5 rings (SSSR count). The van der Waals surface area contributed by atoms with Gasteiger partial charge in [0.2, 0.25) is 0 Å². The normalized spacial score (nSPS) is 20.5. The highest BCUT2D eigenvalue weighted by atomic mass is 16.3. The van der Waals surface area contributed by atoms with Crippen LogP contribution in [0.15, 0.2) is 82.0 Å². The molecule has 2 aromatic carbocycles. The maximum atomic E-state index is 13.5. The topological polar surface area (TPSA) is 52.3 Å². The molecule has 1 fully saturated rings. The van der Waals surface area contributed by atoms with Gasteiger partial charge in [0, 0.05) is 45.5 Å². The predicted octanol–water partition coefficient (Wildman–Crippen LogP) is 5.85. The van der Waals surface area contributed by atoms with E-state index in [9.17, 15) is 4.79 Å². The van der Waals surface area contributed by atoms with Crippen molar-refractivity contribution in [2.45, 2.75) is 25.3 Å². The number of furan rings is 1. The number of benzene rings is 2. The average molecular weight is 469 g/mol. The molecule has 0 N–H and O–H groups in total. The molecule has 2 aliphatic rings. The van der Waals surface area contributed by atoms with Crippen molar-refractivity contribution in [2.24, 2.45) is 11.0 Å². The van der Waals surface area contributed by atoms with Crippen LogP contribution in [0.5, 0.6) is 0 Å². The zero-order chi connectivity index (χ0) is 24.5. The highest BCUT2D eigenvalue weighted by Gasteiger charge is 2.44. The highest BCUT2D eigenvalue weighted by molar-refractivity contribution is 6.09. The second-order valence-corrected chi connectivity index (χ2v) is 9.70. The van der Waals surface area contributed by atoms with Gasteiger partial charge < -0.3 is 14.2 Å². The van der Waals surface area contributed by atoms with Gasteiger partial charge in [-0.3, -0.25) is 4.79 Å². The van der Waals surface area contributed by atoms with E-state index in [1.807, 2.05) is 28.2 Å². The molecule has 6 nitrogen and oxygen atoms in total. The van der Waals surface area contributed by atoms with E-state index in [0.29, 0.717) is 5.76 Å². The number of amides is 1. The highest BCUT2D eigenvalue weighted by Crippen LogP contribution is 2.45. The van der Waals surface area contributed by atoms with Gasteiger partial charge in [0.25, 0.3) is 0 Å². The largest absolute Gasteiger partial charge is 0.459 e. The first-order valence-corrected chi connectivity index (χ1v) is 12.1. The molecule has 6 heteroatoms. The van der Waals surface area contributed by atoms with Crippen LogP contribution >= 0.6 is 0 Å². The fraction of sp³-hybridized carbons (Fsp3) is 0.310. The Morgan fingerprint density at radius 1 is 0.971 bits per heavy atom. The Hall–Kier alpha value is -3.80. The molecule has 1 aliphatic heterocycles. The summed E-state index contributed by atoms with van der Waals surface area (Å²) in [4.78, 5) is 17.6. The van der Waals surface area contributed by atoms with Crippen molar-refractivity contribution >= 4 is 29.1 Å². The van der Waals surface area contributed by atoms with Crippen molar-refractivity contribution in [1.29, 1.82) is 0 Å². The van der Waals surface area contributed by atoms with E-state index in [0.717, 1.165) is 41.8 Å². The molecule has 1 saturated carbocycles. The maximum Gasteiger partial charge on any atom is 0.310 e. The molecule has 0 radical (unpaired) electrons. The van der Waals surface area contributed by atoms with Crippen LogP contribution in [0.25, 0.3) is 6.08 Å². The number of hydrazone groups is 1. The van der Waals surface area contributed by atoms with E-state index >= 15 is 0 Å². The molecule has 1 aromatic heterocycles. The first-order chi connectivity index (χ1) is 16.9. The summed E-state index contributed by atoms with van der Waals surface area (Å²) in [5.74, 6) is 0.265. The lowest BCUT2D eigenvalue weighted by molar-refractivity contribution is 0.0648. The van der Waals surface area contributed by atoms with E-state index < -0.39 is 0 Å². The minimum atomic E-state index is -0.201. The Balaban J connectivity index is 1.53. The fourth-order valence-electron chi connectivity index (χ4n) is 5.05. The van der Waals surface area contributed by atoms with E-state index in [-0.39, 0.29) is 17.9 Å². The zero-order valence-corrected chi connectivity index (χ0v) is 20.8. The molecule has 2 atom stereocenters. The summed E-state index contributed by atoms with van der Waals surface area (Å²) in [6, 6.07) is 20.3. The minimum Gasteiger partial charge on any atom is -0.459 e. The van der Waals surface area contributed by atoms with Crippen LogP contribution in [0.4, 0.5) is 11.4 Å². The molecule has 1 amide bonds. The van der Waals surface area contributed by atoms with Gasteiger partial charge in [-0.25, -0.2) is 5.01 Å². The third-order valence-electron chi connectivity index (χ3n) is 6.94. The predicted molar refractivity (Wildman–Crippen MR) is 142 cm³/mol. The summed E-state index contributed by atoms with van der Waals surface area (Å²) in [5, 5.41) is 6.61. The van der Waals surface area contributed by atoms with E-state index in [1.165, 1.54) is 17.5 Å². The number of hydrogen-bond acceptors (Lipinski definition) is 5. The summed E-state index contributed by atoms with van der Waals surface area (Å²) in [7, 11) is 8.15. The van der Waals surface area contributed by atoms with Crippen molar-refractivity contribution in [3.05, 3.63) is 89.4 Å². The first-order valence-electron chi connectivity index (χ1n) is 12.1. The van der Waals surface area contributed by atoms with Crippen molar-refractivity contribution in [3.63, 3.8) is 0 Å². The molecule has 1 aliphatic carbocycles. The lowest BCUT2D eigenvalue weighted by Crippen LogP contribution is -2.31. The molecule has 0 saturated heterocycles. The van der Waals surface area contributed by atoms with Gasteiger partial charge in [0.15, 0.2) is 5.76 Å². The summed E-state index contributed by atoms with van der Waals surface area (Å²) in [6.07, 6.45) is 6.79. The molecular weight excluding hydrogens is 436 g/mol. The van der Waals surface area contributed by atoms with Crippen LogP contribution in [0, 0.1) is 5.92 Å². The zero-order valence-electron chi connectivity index (χ0n) is 20.8. The molecule has 2 unspecified atom stereocenters. The first kappa shape index (κ1) is 23.0. The smallest absolute Gasteiger partial charge is 0.310 e. The second kappa shape index (κ2) is 9.45. The van der Waals surface area contributed by atoms with Crippen LogP contribution in [-0.4, -0.2) is 44.8 Å². The standard InChI is InChI=1S/C29H32N4O2/c1-31(2)23-14-10-20(11-15-23)19-22-7-5-8-25-27(22)30-33(29(34)26-9-6-18-35-26)28(25)21-12-16-24(17-13-21)32(3)4/h6,9-19,25,28H,5,7-8H2,1-4H3/b22-19+. The van der Waals surface area contributed by atoms with Crippen LogP contribution in [0.3, 0.4) is 0 Å². The SMILES string of the molecule is CN(C)c1ccc(/C=C2\CCCC3C2=NN(C(=O)c2ccco2)C3c2ccc(N(C)C)cc2)cc1. The van der Waals surface area contributed by atoms with Crippen molar-refractivity contribution < 1.29 is 9.21 Å². The van der Waals surface area contributed by atoms with E-state index in [1.54, 1.807) is 17.1 Å². The Bertz CT molecular complexity index is 1240. The number of carbonyl (C=O) groups excluding carboxylic acids is 1. The Labute approximate surface area is 207 Å². The number of nitrogens with zero attached hydrogens (tertiary/aromatic N) is 4. The number of carbonyl (C=O) groups is 1. The summed E-state index contributed by atoms with van der Waals surface area (Å²) >= 11 is 0. The van der Waals surface area contributed by atoms with Gasteiger partial charge in [0.05, 0.1) is 18.0 Å². The monoisotopic (exact) mass is 468 g/mol. The summed E-state index contributed by atoms with van der Waals surface area (Å²) in [6.45, 7) is 0. The summed E-state index contributed by atoms with van der Waals surface area (Å²) < 4.78 is 5.46. The van der Waals surface area contributed by atoms with Gasteiger partial charge in [-0.1, -0.05) is 24.3 Å². The van der Waals surface area contributed by atoms with Gasteiger partial charge in [-0.2, -0.15) is 5.10 Å². The van der Waals surface area contributed by atoms with Crippen molar-refractivity contribution in [2.75, 3.05) is 38.0 Å². The quantitative estimate of drug-likeness (QED) is 0.471. The molecule has 2 heterocycles. The average Bonchev–Trinajstić information content (AvgIpc) is 3.53. The Morgan fingerprint density at radius 3 is 2.23 bits per heavy atom. The molecule has 0 spiro atoms. The Kier molecular flexibility index (Phi) is 6.20. The van der Waals surface area contributed by atoms with E-state index in [4.69, 9.17) is 9.52 Å². The number of rotatable bonds is 5. The van der Waals surface area contributed by atoms with Gasteiger partial charge in [0.1, 0.15) is 0 Å². The van der Waals surface area contributed by atoms with Crippen LogP contribution < -0.4 is 9.80 Å². The third-order valence-corrected chi connectivity index (χ3v) is 6.94. The number of anilines is 2. The third kappa shape index (κ3) is 4.48. The molecular formula is C29H32N4O2. The van der Waals surface area contributed by atoms with Gasteiger partial charge in [-0.15, -0.1) is 0 Å². The number of hydrogen-bond donors (Lipinski definition) is 0. The van der Waals surface area contributed by atoms with Crippen LogP contribution in [0.2, 0.25) is 0 Å². The molecule has 3 aromatic rings. The van der Waals surface area contributed by atoms with Gasteiger partial charge in [-0.05, 0) is 78.4 Å². The van der Waals surface area contributed by atoms with E-state index in [2.05, 4.69) is 64.4 Å². The lowest BCUT2D eigenvalue weighted by Gasteiger charge is -2.29. The number of allylic oxidation sites excluding steroid dienone is 1.